The maximum atomic E-state index is 12.7. The van der Waals surface area contributed by atoms with Gasteiger partial charge >= 0.3 is 0 Å². The number of aryl methyl sites for hydroxylation is 1. The summed E-state index contributed by atoms with van der Waals surface area (Å²) in [6.45, 7) is 3.64. The van der Waals surface area contributed by atoms with Crippen LogP contribution in [0.3, 0.4) is 0 Å². The molecule has 1 heterocycles. The van der Waals surface area contributed by atoms with Crippen molar-refractivity contribution in [3.8, 4) is 17.2 Å². The zero-order valence-corrected chi connectivity index (χ0v) is 17.9. The maximum absolute atomic E-state index is 12.7. The first-order valence-corrected chi connectivity index (χ1v) is 9.93. The van der Waals surface area contributed by atoms with Gasteiger partial charge in [0, 0.05) is 11.1 Å². The molecule has 1 aromatic heterocycles. The highest BCUT2D eigenvalue weighted by molar-refractivity contribution is 8.00. The second kappa shape index (κ2) is 9.15. The third-order valence-corrected chi connectivity index (χ3v) is 5.59. The van der Waals surface area contributed by atoms with Crippen LogP contribution in [-0.4, -0.2) is 45.6 Å². The molecule has 29 heavy (non-hydrogen) atoms. The first kappa shape index (κ1) is 20.9. The molecule has 0 saturated carbocycles. The number of carbonyl (C=O) groups is 1. The summed E-state index contributed by atoms with van der Waals surface area (Å²) in [5.41, 5.74) is 2.16. The minimum Gasteiger partial charge on any atom is -0.497 e. The van der Waals surface area contributed by atoms with Gasteiger partial charge in [0.15, 0.2) is 0 Å². The highest BCUT2D eigenvalue weighted by Crippen LogP contribution is 2.32. The Balaban J connectivity index is 1.74. The molecule has 10 heteroatoms. The van der Waals surface area contributed by atoms with E-state index < -0.39 is 5.25 Å². The van der Waals surface area contributed by atoms with Gasteiger partial charge in [0.2, 0.25) is 11.1 Å². The number of amides is 1. The standard InChI is InChI=1S/C19H20ClN5O3S/c1-11-9-16(17(28-4)10-15(11)20)21-18(26)12(2)29-19-22-23-24-25(19)13-5-7-14(27-3)8-6-13/h5-10,12H,1-4H3,(H,21,26). The van der Waals surface area contributed by atoms with Crippen molar-refractivity contribution >= 4 is 35.0 Å². The van der Waals surface area contributed by atoms with E-state index in [0.717, 1.165) is 17.0 Å². The lowest BCUT2D eigenvalue weighted by Gasteiger charge is -2.15. The molecule has 3 rings (SSSR count). The Kier molecular flexibility index (Phi) is 6.60. The minimum absolute atomic E-state index is 0.209. The zero-order chi connectivity index (χ0) is 21.0. The van der Waals surface area contributed by atoms with Crippen molar-refractivity contribution in [1.29, 1.82) is 0 Å². The van der Waals surface area contributed by atoms with Crippen LogP contribution >= 0.6 is 23.4 Å². The number of tetrazole rings is 1. The Morgan fingerprint density at radius 1 is 1.21 bits per heavy atom. The summed E-state index contributed by atoms with van der Waals surface area (Å²) >= 11 is 7.37. The van der Waals surface area contributed by atoms with E-state index >= 15 is 0 Å². The number of nitrogens with zero attached hydrogens (tertiary/aromatic N) is 4. The lowest BCUT2D eigenvalue weighted by molar-refractivity contribution is -0.115. The van der Waals surface area contributed by atoms with Crippen LogP contribution in [-0.2, 0) is 4.79 Å². The summed E-state index contributed by atoms with van der Waals surface area (Å²) in [6, 6.07) is 10.8. The zero-order valence-electron chi connectivity index (χ0n) is 16.3. The maximum Gasteiger partial charge on any atom is 0.237 e. The Hall–Kier alpha value is -2.78. The highest BCUT2D eigenvalue weighted by atomic mass is 35.5. The second-order valence-electron chi connectivity index (χ2n) is 6.12. The molecule has 0 saturated heterocycles. The van der Waals surface area contributed by atoms with Gasteiger partial charge in [-0.05, 0) is 60.2 Å². The summed E-state index contributed by atoms with van der Waals surface area (Å²) in [4.78, 5) is 12.7. The van der Waals surface area contributed by atoms with Gasteiger partial charge in [-0.1, -0.05) is 23.4 Å². The van der Waals surface area contributed by atoms with Gasteiger partial charge in [-0.15, -0.1) is 5.10 Å². The Morgan fingerprint density at radius 3 is 2.59 bits per heavy atom. The van der Waals surface area contributed by atoms with Crippen molar-refractivity contribution < 1.29 is 14.3 Å². The van der Waals surface area contributed by atoms with E-state index in [-0.39, 0.29) is 5.91 Å². The summed E-state index contributed by atoms with van der Waals surface area (Å²) in [5.74, 6) is 1.02. The van der Waals surface area contributed by atoms with Crippen LogP contribution in [0.25, 0.3) is 5.69 Å². The predicted molar refractivity (Wildman–Crippen MR) is 112 cm³/mol. The number of ether oxygens (including phenoxy) is 2. The number of anilines is 1. The fourth-order valence-corrected chi connectivity index (χ4v) is 3.47. The molecule has 0 spiro atoms. The molecule has 0 aliphatic carbocycles. The number of aromatic nitrogens is 4. The van der Waals surface area contributed by atoms with Crippen molar-refractivity contribution in [2.45, 2.75) is 24.3 Å². The number of rotatable bonds is 7. The molecule has 0 aliphatic rings. The number of nitrogens with one attached hydrogen (secondary N) is 1. The third-order valence-electron chi connectivity index (χ3n) is 4.15. The lowest BCUT2D eigenvalue weighted by Crippen LogP contribution is -2.23. The third kappa shape index (κ3) is 4.80. The van der Waals surface area contributed by atoms with Crippen LogP contribution < -0.4 is 14.8 Å². The number of halogens is 1. The van der Waals surface area contributed by atoms with Gasteiger partial charge in [-0.25, -0.2) is 0 Å². The fraction of sp³-hybridized carbons (Fsp3) is 0.263. The largest absolute Gasteiger partial charge is 0.497 e. The summed E-state index contributed by atoms with van der Waals surface area (Å²) in [6.07, 6.45) is 0. The first-order chi connectivity index (χ1) is 13.9. The van der Waals surface area contributed by atoms with Crippen LogP contribution in [0.15, 0.2) is 41.6 Å². The number of carbonyl (C=O) groups excluding carboxylic acids is 1. The van der Waals surface area contributed by atoms with Gasteiger partial charge in [0.1, 0.15) is 11.5 Å². The predicted octanol–water partition coefficient (Wildman–Crippen LogP) is 3.76. The molecular weight excluding hydrogens is 414 g/mol. The molecular formula is C19H20ClN5O3S. The van der Waals surface area contributed by atoms with E-state index in [1.807, 2.05) is 31.2 Å². The van der Waals surface area contributed by atoms with Crippen LogP contribution in [0.4, 0.5) is 5.69 Å². The lowest BCUT2D eigenvalue weighted by atomic mass is 10.2. The van der Waals surface area contributed by atoms with Crippen molar-refractivity contribution in [3.05, 3.63) is 47.0 Å². The SMILES string of the molecule is COc1ccc(-n2nnnc2SC(C)C(=O)Nc2cc(C)c(Cl)cc2OC)cc1. The Bertz CT molecular complexity index is 1010. The van der Waals surface area contributed by atoms with Gasteiger partial charge in [-0.3, -0.25) is 4.79 Å². The van der Waals surface area contributed by atoms with E-state index in [1.54, 1.807) is 30.8 Å². The molecule has 8 nitrogen and oxygen atoms in total. The van der Waals surface area contributed by atoms with Crippen LogP contribution in [0.2, 0.25) is 5.02 Å². The molecule has 2 aromatic carbocycles. The molecule has 1 atom stereocenters. The minimum atomic E-state index is -0.460. The Labute approximate surface area is 177 Å². The van der Waals surface area contributed by atoms with E-state index in [2.05, 4.69) is 20.8 Å². The number of hydrogen-bond donors (Lipinski definition) is 1. The van der Waals surface area contributed by atoms with E-state index in [0.29, 0.717) is 21.6 Å². The van der Waals surface area contributed by atoms with Gasteiger partial charge in [0.05, 0.1) is 30.8 Å². The van der Waals surface area contributed by atoms with Crippen molar-refractivity contribution in [3.63, 3.8) is 0 Å². The van der Waals surface area contributed by atoms with E-state index in [9.17, 15) is 4.79 Å². The van der Waals surface area contributed by atoms with Crippen LogP contribution in [0.1, 0.15) is 12.5 Å². The molecule has 3 aromatic rings. The summed E-state index contributed by atoms with van der Waals surface area (Å²) in [7, 11) is 3.13. The summed E-state index contributed by atoms with van der Waals surface area (Å²) in [5, 5.41) is 15.3. The molecule has 1 N–H and O–H groups in total. The molecule has 0 radical (unpaired) electrons. The number of hydrogen-bond acceptors (Lipinski definition) is 7. The number of benzene rings is 2. The number of methoxy groups -OCH3 is 2. The molecule has 152 valence electrons. The Morgan fingerprint density at radius 2 is 1.93 bits per heavy atom. The van der Waals surface area contributed by atoms with Crippen LogP contribution in [0, 0.1) is 6.92 Å². The monoisotopic (exact) mass is 433 g/mol. The van der Waals surface area contributed by atoms with Gasteiger partial charge in [0.25, 0.3) is 0 Å². The average Bonchev–Trinajstić information content (AvgIpc) is 3.18. The van der Waals surface area contributed by atoms with Crippen LogP contribution in [0.5, 0.6) is 11.5 Å². The van der Waals surface area contributed by atoms with Crippen molar-refractivity contribution in [1.82, 2.24) is 20.2 Å². The highest BCUT2D eigenvalue weighted by Gasteiger charge is 2.21. The molecule has 0 fully saturated rings. The van der Waals surface area contributed by atoms with Gasteiger partial charge < -0.3 is 14.8 Å². The van der Waals surface area contributed by atoms with Crippen molar-refractivity contribution in [2.24, 2.45) is 0 Å². The van der Waals surface area contributed by atoms with E-state index in [4.69, 9.17) is 21.1 Å². The molecule has 1 unspecified atom stereocenters. The fourth-order valence-electron chi connectivity index (χ4n) is 2.51. The second-order valence-corrected chi connectivity index (χ2v) is 7.84. The van der Waals surface area contributed by atoms with Gasteiger partial charge in [-0.2, -0.15) is 4.68 Å². The normalized spacial score (nSPS) is 11.8. The van der Waals surface area contributed by atoms with Crippen molar-refractivity contribution in [2.75, 3.05) is 19.5 Å². The quantitative estimate of drug-likeness (QED) is 0.567. The smallest absolute Gasteiger partial charge is 0.237 e. The average molecular weight is 434 g/mol. The first-order valence-electron chi connectivity index (χ1n) is 8.67. The topological polar surface area (TPSA) is 91.2 Å². The molecule has 0 aliphatic heterocycles. The molecule has 1 amide bonds. The van der Waals surface area contributed by atoms with E-state index in [1.165, 1.54) is 18.9 Å². The summed E-state index contributed by atoms with van der Waals surface area (Å²) < 4.78 is 12.0. The molecule has 0 bridgehead atoms. The number of thioether (sulfide) groups is 1.